The SMILES string of the molecule is CC/C=C\C/C=C\C/C=C\C/C=C\C/C=C\CCCCCCCC(=O)OCC(COC(=O)CCCCCCC/C=C\C/C=C\CCCC)OC(=O)CCC/C=C\C/C=C\C/C=C\C/C=C\C/C=C\CC. The molecule has 0 fully saturated rings. The van der Waals surface area contributed by atoms with E-state index in [0.29, 0.717) is 19.3 Å². The fourth-order valence-corrected chi connectivity index (χ4v) is 6.93. The Bertz CT molecular complexity index is 1580. The molecule has 0 spiro atoms. The highest BCUT2D eigenvalue weighted by atomic mass is 16.6. The van der Waals surface area contributed by atoms with Gasteiger partial charge >= 0.3 is 17.9 Å². The second-order valence-corrected chi connectivity index (χ2v) is 17.7. The summed E-state index contributed by atoms with van der Waals surface area (Å²) < 4.78 is 16.8. The number of ether oxygens (including phenoxy) is 3. The predicted molar refractivity (Wildman–Crippen MR) is 302 cm³/mol. The molecule has 6 heteroatoms. The zero-order valence-corrected chi connectivity index (χ0v) is 44.7. The van der Waals surface area contributed by atoms with Crippen molar-refractivity contribution in [2.45, 2.75) is 226 Å². The Morgan fingerprint density at radius 3 is 0.914 bits per heavy atom. The number of carbonyl (C=O) groups is 3. The minimum absolute atomic E-state index is 0.120. The van der Waals surface area contributed by atoms with Gasteiger partial charge in [-0.1, -0.05) is 218 Å². The van der Waals surface area contributed by atoms with E-state index in [1.807, 2.05) is 0 Å². The summed E-state index contributed by atoms with van der Waals surface area (Å²) in [5.74, 6) is -1.02. The Morgan fingerprint density at radius 2 is 0.571 bits per heavy atom. The van der Waals surface area contributed by atoms with Crippen LogP contribution in [0, 0.1) is 0 Å². The van der Waals surface area contributed by atoms with E-state index in [1.54, 1.807) is 0 Å². The summed E-state index contributed by atoms with van der Waals surface area (Å²) in [5, 5.41) is 0. The Labute approximate surface area is 429 Å². The molecule has 0 bridgehead atoms. The van der Waals surface area contributed by atoms with Crippen LogP contribution in [0.2, 0.25) is 0 Å². The average Bonchev–Trinajstić information content (AvgIpc) is 3.36. The quantitative estimate of drug-likeness (QED) is 0.0262. The van der Waals surface area contributed by atoms with Gasteiger partial charge in [0, 0.05) is 19.3 Å². The summed E-state index contributed by atoms with van der Waals surface area (Å²) in [4.78, 5) is 38.1. The van der Waals surface area contributed by atoms with Crippen LogP contribution in [-0.2, 0) is 28.6 Å². The maximum atomic E-state index is 12.8. The van der Waals surface area contributed by atoms with E-state index in [-0.39, 0.29) is 37.5 Å². The first-order valence-corrected chi connectivity index (χ1v) is 27.8. The van der Waals surface area contributed by atoms with Gasteiger partial charge in [-0.25, -0.2) is 0 Å². The van der Waals surface area contributed by atoms with Crippen molar-refractivity contribution in [3.05, 3.63) is 146 Å². The van der Waals surface area contributed by atoms with E-state index in [2.05, 4.69) is 167 Å². The summed E-state index contributed by atoms with van der Waals surface area (Å²) in [5.41, 5.74) is 0. The van der Waals surface area contributed by atoms with Crippen molar-refractivity contribution in [2.75, 3.05) is 13.2 Å². The first-order chi connectivity index (χ1) is 34.5. The molecular weight excluding hydrogens is 865 g/mol. The van der Waals surface area contributed by atoms with Crippen molar-refractivity contribution in [2.24, 2.45) is 0 Å². The third-order valence-corrected chi connectivity index (χ3v) is 11.1. The summed E-state index contributed by atoms with van der Waals surface area (Å²) in [6.45, 7) is 6.28. The van der Waals surface area contributed by atoms with Gasteiger partial charge in [0.15, 0.2) is 6.10 Å². The third kappa shape index (κ3) is 54.2. The van der Waals surface area contributed by atoms with Crippen LogP contribution < -0.4 is 0 Å². The van der Waals surface area contributed by atoms with Gasteiger partial charge in [0.1, 0.15) is 13.2 Å². The molecule has 0 N–H and O–H groups in total. The first kappa shape index (κ1) is 65.3. The second kappa shape index (κ2) is 56.9. The molecule has 392 valence electrons. The molecule has 6 nitrogen and oxygen atoms in total. The van der Waals surface area contributed by atoms with Gasteiger partial charge < -0.3 is 14.2 Å². The van der Waals surface area contributed by atoms with E-state index >= 15 is 0 Å². The van der Waals surface area contributed by atoms with E-state index in [1.165, 1.54) is 19.3 Å². The van der Waals surface area contributed by atoms with Crippen molar-refractivity contribution in [1.29, 1.82) is 0 Å². The van der Waals surface area contributed by atoms with Crippen molar-refractivity contribution in [3.63, 3.8) is 0 Å². The monoisotopic (exact) mass is 965 g/mol. The molecule has 0 amide bonds. The highest BCUT2D eigenvalue weighted by molar-refractivity contribution is 5.71. The molecule has 0 aliphatic rings. The van der Waals surface area contributed by atoms with Crippen LogP contribution in [0.15, 0.2) is 146 Å². The molecule has 0 aliphatic heterocycles. The molecule has 0 aliphatic carbocycles. The molecule has 0 aromatic rings. The molecule has 70 heavy (non-hydrogen) atoms. The fraction of sp³-hybridized carbons (Fsp3) is 0.578. The summed E-state index contributed by atoms with van der Waals surface area (Å²) in [6, 6.07) is 0. The van der Waals surface area contributed by atoms with Crippen molar-refractivity contribution in [3.8, 4) is 0 Å². The average molecular weight is 965 g/mol. The lowest BCUT2D eigenvalue weighted by molar-refractivity contribution is -0.167. The highest BCUT2D eigenvalue weighted by Crippen LogP contribution is 2.12. The molecule has 1 atom stereocenters. The van der Waals surface area contributed by atoms with Crippen LogP contribution in [0.4, 0.5) is 0 Å². The fourth-order valence-electron chi connectivity index (χ4n) is 6.93. The summed E-state index contributed by atoms with van der Waals surface area (Å²) in [6.07, 6.45) is 81.2. The number of rotatable bonds is 48. The van der Waals surface area contributed by atoms with E-state index in [9.17, 15) is 14.4 Å². The molecule has 0 saturated carbocycles. The lowest BCUT2D eigenvalue weighted by atomic mass is 10.1. The molecule has 0 radical (unpaired) electrons. The van der Waals surface area contributed by atoms with Gasteiger partial charge in [-0.2, -0.15) is 0 Å². The lowest BCUT2D eigenvalue weighted by Crippen LogP contribution is -2.30. The number of unbranched alkanes of at least 4 members (excludes halogenated alkanes) is 13. The standard InChI is InChI=1S/C64H100O6/c1-4-7-10-13-16-19-22-25-28-30-31-32-33-35-36-39-42-45-48-51-54-57-63(66)69-60-61(59-68-62(65)56-53-50-47-44-41-38-27-24-21-18-15-12-9-6-3)70-64(67)58-55-52-49-46-43-40-37-34-29-26-23-20-17-14-11-8-5-2/h7-8,10-11,15-20,24-29,31-32,35-37,40,46,49,61H,4-6,9,12-14,21-23,30,33-34,38-39,41-45,47-48,50-60H2,1-3H3/b10-7-,11-8-,18-15-,19-16-,20-17-,27-24-,28-25-,29-26-,32-31-,36-35-,40-37-,49-46-. The maximum Gasteiger partial charge on any atom is 0.306 e. The number of hydrogen-bond donors (Lipinski definition) is 0. The van der Waals surface area contributed by atoms with Crippen LogP contribution in [-0.4, -0.2) is 37.2 Å². The Kier molecular flexibility index (Phi) is 53.0. The van der Waals surface area contributed by atoms with Crippen LogP contribution in [0.5, 0.6) is 0 Å². The van der Waals surface area contributed by atoms with Gasteiger partial charge in [-0.15, -0.1) is 0 Å². The molecule has 0 heterocycles. The van der Waals surface area contributed by atoms with Crippen LogP contribution in [0.3, 0.4) is 0 Å². The first-order valence-electron chi connectivity index (χ1n) is 27.8. The van der Waals surface area contributed by atoms with E-state index in [4.69, 9.17) is 14.2 Å². The lowest BCUT2D eigenvalue weighted by Gasteiger charge is -2.18. The van der Waals surface area contributed by atoms with Crippen molar-refractivity contribution in [1.82, 2.24) is 0 Å². The second-order valence-electron chi connectivity index (χ2n) is 17.7. The number of hydrogen-bond acceptors (Lipinski definition) is 6. The van der Waals surface area contributed by atoms with Crippen molar-refractivity contribution < 1.29 is 28.6 Å². The Hall–Kier alpha value is -4.71. The van der Waals surface area contributed by atoms with E-state index in [0.717, 1.165) is 154 Å². The molecule has 0 aromatic heterocycles. The minimum atomic E-state index is -0.829. The van der Waals surface area contributed by atoms with Gasteiger partial charge in [0.05, 0.1) is 0 Å². The predicted octanol–water partition coefficient (Wildman–Crippen LogP) is 18.8. The van der Waals surface area contributed by atoms with Gasteiger partial charge in [-0.05, 0) is 128 Å². The van der Waals surface area contributed by atoms with Crippen LogP contribution in [0.1, 0.15) is 220 Å². The van der Waals surface area contributed by atoms with Crippen LogP contribution >= 0.6 is 0 Å². The third-order valence-electron chi connectivity index (χ3n) is 11.1. The highest BCUT2D eigenvalue weighted by Gasteiger charge is 2.19. The molecule has 0 rings (SSSR count). The Balaban J connectivity index is 4.55. The summed E-state index contributed by atoms with van der Waals surface area (Å²) in [7, 11) is 0. The largest absolute Gasteiger partial charge is 0.462 e. The maximum absolute atomic E-state index is 12.8. The van der Waals surface area contributed by atoms with Gasteiger partial charge in [0.25, 0.3) is 0 Å². The Morgan fingerprint density at radius 1 is 0.300 bits per heavy atom. The normalized spacial score (nSPS) is 13.2. The molecule has 1 unspecified atom stereocenters. The minimum Gasteiger partial charge on any atom is -0.462 e. The topological polar surface area (TPSA) is 78.9 Å². The molecule has 0 aromatic carbocycles. The van der Waals surface area contributed by atoms with Gasteiger partial charge in [0.2, 0.25) is 0 Å². The van der Waals surface area contributed by atoms with Crippen molar-refractivity contribution >= 4 is 17.9 Å². The van der Waals surface area contributed by atoms with Crippen LogP contribution in [0.25, 0.3) is 0 Å². The number of carbonyl (C=O) groups excluding carboxylic acids is 3. The smallest absolute Gasteiger partial charge is 0.306 e. The van der Waals surface area contributed by atoms with Gasteiger partial charge in [-0.3, -0.25) is 14.4 Å². The molecular formula is C64H100O6. The number of allylic oxidation sites excluding steroid dienone is 24. The summed E-state index contributed by atoms with van der Waals surface area (Å²) >= 11 is 0. The van der Waals surface area contributed by atoms with E-state index < -0.39 is 6.10 Å². The number of esters is 3. The zero-order valence-electron chi connectivity index (χ0n) is 44.7. The zero-order chi connectivity index (χ0) is 50.7. The molecule has 0 saturated heterocycles.